The van der Waals surface area contributed by atoms with Gasteiger partial charge in [0.05, 0.1) is 18.0 Å². The van der Waals surface area contributed by atoms with Gasteiger partial charge in [0.25, 0.3) is 0 Å². The Bertz CT molecular complexity index is 1240. The summed E-state index contributed by atoms with van der Waals surface area (Å²) in [5, 5.41) is 2.95. The number of aryl methyl sites for hydroxylation is 1. The highest BCUT2D eigenvalue weighted by molar-refractivity contribution is 5.83. The van der Waals surface area contributed by atoms with Crippen molar-refractivity contribution in [3.8, 4) is 0 Å². The first-order valence-corrected chi connectivity index (χ1v) is 10.5. The van der Waals surface area contributed by atoms with Crippen LogP contribution in [0, 0.1) is 6.92 Å². The Morgan fingerprint density at radius 3 is 2.48 bits per heavy atom. The third-order valence-electron chi connectivity index (χ3n) is 5.56. The molecule has 31 heavy (non-hydrogen) atoms. The lowest BCUT2D eigenvalue weighted by Gasteiger charge is -2.12. The van der Waals surface area contributed by atoms with Gasteiger partial charge in [0, 0.05) is 19.3 Å². The van der Waals surface area contributed by atoms with Crippen molar-refractivity contribution in [1.82, 2.24) is 19.4 Å². The Morgan fingerprint density at radius 2 is 1.74 bits per heavy atom. The minimum atomic E-state index is -0.251. The average Bonchev–Trinajstić information content (AvgIpc) is 3.06. The zero-order chi connectivity index (χ0) is 21.8. The second kappa shape index (κ2) is 9.00. The molecular formula is C25H26N4O2. The zero-order valence-electron chi connectivity index (χ0n) is 17.8. The summed E-state index contributed by atoms with van der Waals surface area (Å²) in [5.74, 6) is -0.311. The molecule has 1 unspecified atom stereocenters. The van der Waals surface area contributed by atoms with Crippen molar-refractivity contribution in [2.24, 2.45) is 0 Å². The van der Waals surface area contributed by atoms with E-state index >= 15 is 0 Å². The van der Waals surface area contributed by atoms with Gasteiger partial charge in [-0.05, 0) is 37.1 Å². The number of aromatic nitrogens is 3. The van der Waals surface area contributed by atoms with E-state index in [0.717, 1.165) is 16.6 Å². The second-order valence-electron chi connectivity index (χ2n) is 7.78. The molecule has 158 valence electrons. The molecule has 2 aromatic carbocycles. The molecule has 0 aliphatic heterocycles. The van der Waals surface area contributed by atoms with Crippen LogP contribution in [0.25, 0.3) is 11.2 Å². The Balaban J connectivity index is 1.51. The second-order valence-corrected chi connectivity index (χ2v) is 7.78. The van der Waals surface area contributed by atoms with Gasteiger partial charge in [-0.1, -0.05) is 60.2 Å². The van der Waals surface area contributed by atoms with Gasteiger partial charge in [-0.25, -0.2) is 9.78 Å². The Labute approximate surface area is 181 Å². The van der Waals surface area contributed by atoms with Crippen LogP contribution in [0.5, 0.6) is 0 Å². The van der Waals surface area contributed by atoms with Crippen molar-refractivity contribution in [2.75, 3.05) is 6.54 Å². The molecule has 0 saturated carbocycles. The van der Waals surface area contributed by atoms with Gasteiger partial charge in [0.15, 0.2) is 5.65 Å². The van der Waals surface area contributed by atoms with Crippen molar-refractivity contribution in [1.29, 1.82) is 0 Å². The molecule has 6 nitrogen and oxygen atoms in total. The number of fused-ring (bicyclic) bond motifs is 1. The molecule has 0 aliphatic carbocycles. The molecular weight excluding hydrogens is 388 g/mol. The average molecular weight is 415 g/mol. The molecule has 0 aliphatic rings. The molecule has 2 aromatic heterocycles. The van der Waals surface area contributed by atoms with Crippen LogP contribution in [0.4, 0.5) is 0 Å². The smallest absolute Gasteiger partial charge is 0.330 e. The van der Waals surface area contributed by atoms with Crippen LogP contribution in [0.3, 0.4) is 0 Å². The number of rotatable bonds is 7. The first-order valence-electron chi connectivity index (χ1n) is 10.5. The molecule has 1 amide bonds. The lowest BCUT2D eigenvalue weighted by atomic mass is 10.0. The predicted molar refractivity (Wildman–Crippen MR) is 122 cm³/mol. The highest BCUT2D eigenvalue weighted by atomic mass is 16.2. The van der Waals surface area contributed by atoms with Gasteiger partial charge in [0.2, 0.25) is 5.91 Å². The fourth-order valence-corrected chi connectivity index (χ4v) is 3.71. The number of imidazole rings is 1. The lowest BCUT2D eigenvalue weighted by Crippen LogP contribution is -2.34. The number of pyridine rings is 1. The summed E-state index contributed by atoms with van der Waals surface area (Å²) in [5.41, 5.74) is 4.50. The number of nitrogens with one attached hydrogen (secondary N) is 1. The van der Waals surface area contributed by atoms with Crippen molar-refractivity contribution in [3.05, 3.63) is 100 Å². The number of amides is 1. The maximum absolute atomic E-state index is 13.2. The third-order valence-corrected chi connectivity index (χ3v) is 5.56. The molecule has 0 spiro atoms. The highest BCUT2D eigenvalue weighted by Crippen LogP contribution is 2.15. The molecule has 0 fully saturated rings. The summed E-state index contributed by atoms with van der Waals surface area (Å²) < 4.78 is 3.37. The number of benzene rings is 2. The zero-order valence-corrected chi connectivity index (χ0v) is 17.8. The molecule has 0 radical (unpaired) electrons. The monoisotopic (exact) mass is 414 g/mol. The normalized spacial score (nSPS) is 12.1. The van der Waals surface area contributed by atoms with Crippen LogP contribution in [0.1, 0.15) is 29.5 Å². The Hall–Kier alpha value is -3.67. The van der Waals surface area contributed by atoms with Gasteiger partial charge in [-0.15, -0.1) is 0 Å². The standard InChI is InChI=1S/C25H26N4O2/c1-18-10-12-20(13-11-18)17-29-22-9-6-14-26-23(22)28(25(29)31)16-15-27-24(30)19(2)21-7-4-3-5-8-21/h3-14,19H,15-17H2,1-2H3,(H,27,30). The van der Waals surface area contributed by atoms with Crippen LogP contribution in [-0.2, 0) is 17.9 Å². The third kappa shape index (κ3) is 4.43. The van der Waals surface area contributed by atoms with Gasteiger partial charge < -0.3 is 5.32 Å². The Morgan fingerprint density at radius 1 is 1.00 bits per heavy atom. The topological polar surface area (TPSA) is 68.9 Å². The first-order chi connectivity index (χ1) is 15.0. The fourth-order valence-electron chi connectivity index (χ4n) is 3.71. The van der Waals surface area contributed by atoms with Crippen LogP contribution >= 0.6 is 0 Å². The van der Waals surface area contributed by atoms with E-state index < -0.39 is 0 Å². The Kier molecular flexibility index (Phi) is 5.98. The van der Waals surface area contributed by atoms with Crippen LogP contribution in [0.15, 0.2) is 77.7 Å². The molecule has 1 atom stereocenters. The van der Waals surface area contributed by atoms with Crippen molar-refractivity contribution in [3.63, 3.8) is 0 Å². The summed E-state index contributed by atoms with van der Waals surface area (Å²) >= 11 is 0. The minimum absolute atomic E-state index is 0.0596. The first kappa shape index (κ1) is 20.6. The predicted octanol–water partition coefficient (Wildman–Crippen LogP) is 3.47. The van der Waals surface area contributed by atoms with E-state index in [1.54, 1.807) is 15.3 Å². The van der Waals surface area contributed by atoms with Crippen LogP contribution < -0.4 is 11.0 Å². The summed E-state index contributed by atoms with van der Waals surface area (Å²) in [4.78, 5) is 30.1. The van der Waals surface area contributed by atoms with Crippen molar-refractivity contribution < 1.29 is 4.79 Å². The lowest BCUT2D eigenvalue weighted by molar-refractivity contribution is -0.122. The quantitative estimate of drug-likeness (QED) is 0.503. The van der Waals surface area contributed by atoms with E-state index in [2.05, 4.69) is 10.3 Å². The highest BCUT2D eigenvalue weighted by Gasteiger charge is 2.17. The molecule has 1 N–H and O–H groups in total. The molecule has 0 bridgehead atoms. The van der Waals surface area contributed by atoms with Gasteiger partial charge in [-0.2, -0.15) is 0 Å². The number of carbonyl (C=O) groups is 1. The molecule has 4 aromatic rings. The SMILES string of the molecule is Cc1ccc(Cn2c(=O)n(CCNC(=O)C(C)c3ccccc3)c3ncccc32)cc1. The summed E-state index contributed by atoms with van der Waals surface area (Å²) in [6, 6.07) is 21.6. The van der Waals surface area contributed by atoms with E-state index in [1.807, 2.05) is 80.6 Å². The number of hydrogen-bond acceptors (Lipinski definition) is 3. The van der Waals surface area contributed by atoms with E-state index in [1.165, 1.54) is 5.56 Å². The maximum Gasteiger partial charge on any atom is 0.330 e. The maximum atomic E-state index is 13.2. The molecule has 4 rings (SSSR count). The molecule has 6 heteroatoms. The van der Waals surface area contributed by atoms with Crippen molar-refractivity contribution in [2.45, 2.75) is 32.9 Å². The number of carbonyl (C=O) groups excluding carboxylic acids is 1. The number of hydrogen-bond donors (Lipinski definition) is 1. The van der Waals surface area contributed by atoms with Gasteiger partial charge in [-0.3, -0.25) is 13.9 Å². The summed E-state index contributed by atoms with van der Waals surface area (Å²) in [6.07, 6.45) is 1.69. The molecule has 0 saturated heterocycles. The van der Waals surface area contributed by atoms with E-state index in [-0.39, 0.29) is 17.5 Å². The van der Waals surface area contributed by atoms with Crippen molar-refractivity contribution >= 4 is 17.1 Å². The molecule has 2 heterocycles. The van der Waals surface area contributed by atoms with Crippen LogP contribution in [0.2, 0.25) is 0 Å². The van der Waals surface area contributed by atoms with Gasteiger partial charge in [0.1, 0.15) is 0 Å². The largest absolute Gasteiger partial charge is 0.354 e. The number of nitrogens with zero attached hydrogens (tertiary/aromatic N) is 3. The summed E-state index contributed by atoms with van der Waals surface area (Å²) in [7, 11) is 0. The van der Waals surface area contributed by atoms with E-state index in [9.17, 15) is 9.59 Å². The summed E-state index contributed by atoms with van der Waals surface area (Å²) in [6.45, 7) is 5.12. The van der Waals surface area contributed by atoms with E-state index in [0.29, 0.717) is 25.3 Å². The van der Waals surface area contributed by atoms with E-state index in [4.69, 9.17) is 0 Å². The van der Waals surface area contributed by atoms with Crippen LogP contribution in [-0.4, -0.2) is 26.6 Å². The van der Waals surface area contributed by atoms with Gasteiger partial charge >= 0.3 is 5.69 Å². The minimum Gasteiger partial charge on any atom is -0.354 e. The fraction of sp³-hybridized carbons (Fsp3) is 0.240.